The number of amidine groups is 1. The van der Waals surface area contributed by atoms with Gasteiger partial charge in [-0.3, -0.25) is 4.99 Å². The molecule has 0 aromatic heterocycles. The summed E-state index contributed by atoms with van der Waals surface area (Å²) in [5.41, 5.74) is 0. The van der Waals surface area contributed by atoms with Crippen molar-refractivity contribution in [2.45, 2.75) is 26.3 Å². The van der Waals surface area contributed by atoms with Crippen molar-refractivity contribution in [3.05, 3.63) is 12.2 Å². The Morgan fingerprint density at radius 2 is 2.60 bits per heavy atom. The Labute approximate surface area is 61.4 Å². The molecule has 10 heavy (non-hydrogen) atoms. The molecular formula is C8H11N2. The van der Waals surface area contributed by atoms with Crippen LogP contribution in [-0.4, -0.2) is 18.1 Å². The summed E-state index contributed by atoms with van der Waals surface area (Å²) in [5.74, 6) is 0.731. The lowest BCUT2D eigenvalue weighted by molar-refractivity contribution is 0.717. The Balaban J connectivity index is 2.54. The van der Waals surface area contributed by atoms with Gasteiger partial charge < -0.3 is 0 Å². The molecule has 1 aliphatic heterocycles. The van der Waals surface area contributed by atoms with E-state index in [9.17, 15) is 0 Å². The van der Waals surface area contributed by atoms with Gasteiger partial charge >= 0.3 is 0 Å². The zero-order valence-electron chi connectivity index (χ0n) is 6.33. The highest BCUT2D eigenvalue weighted by molar-refractivity contribution is 6.03. The van der Waals surface area contributed by atoms with E-state index >= 15 is 0 Å². The summed E-state index contributed by atoms with van der Waals surface area (Å²) >= 11 is 0. The molecule has 0 aromatic rings. The van der Waals surface area contributed by atoms with Gasteiger partial charge in [0.15, 0.2) is 5.84 Å². The molecule has 0 fully saturated rings. The first kappa shape index (κ1) is 7.19. The predicted molar refractivity (Wildman–Crippen MR) is 43.5 cm³/mol. The lowest BCUT2D eigenvalue weighted by Crippen LogP contribution is -1.98. The van der Waals surface area contributed by atoms with Crippen molar-refractivity contribution in [2.24, 2.45) is 9.98 Å². The molecule has 1 rings (SSSR count). The maximum absolute atomic E-state index is 4.27. The lowest BCUT2D eigenvalue weighted by Gasteiger charge is -1.99. The van der Waals surface area contributed by atoms with Gasteiger partial charge in [0.05, 0.1) is 0 Å². The van der Waals surface area contributed by atoms with E-state index in [1.807, 2.05) is 0 Å². The molecule has 0 N–H and O–H groups in total. The molecule has 0 bridgehead atoms. The van der Waals surface area contributed by atoms with Gasteiger partial charge in [0.25, 0.3) is 0 Å². The Morgan fingerprint density at radius 3 is 3.10 bits per heavy atom. The maximum Gasteiger partial charge on any atom is 0.155 e. The van der Waals surface area contributed by atoms with E-state index < -0.39 is 0 Å². The van der Waals surface area contributed by atoms with E-state index in [2.05, 4.69) is 29.9 Å². The highest BCUT2D eigenvalue weighted by Crippen LogP contribution is 1.98. The average Bonchev–Trinajstić information content (AvgIpc) is 2.40. The second-order valence-electron chi connectivity index (χ2n) is 2.30. The van der Waals surface area contributed by atoms with Gasteiger partial charge in [-0.05, 0) is 19.4 Å². The van der Waals surface area contributed by atoms with Crippen molar-refractivity contribution in [2.75, 3.05) is 0 Å². The summed E-state index contributed by atoms with van der Waals surface area (Å²) in [7, 11) is 0. The minimum atomic E-state index is 0.367. The van der Waals surface area contributed by atoms with Gasteiger partial charge in [0.1, 0.15) is 0 Å². The second kappa shape index (κ2) is 3.30. The van der Waals surface area contributed by atoms with Gasteiger partial charge in [-0.1, -0.05) is 6.92 Å². The summed E-state index contributed by atoms with van der Waals surface area (Å²) in [5, 5.41) is 0. The van der Waals surface area contributed by atoms with E-state index in [0.717, 1.165) is 12.3 Å². The van der Waals surface area contributed by atoms with E-state index in [0.29, 0.717) is 6.04 Å². The molecule has 0 aliphatic carbocycles. The van der Waals surface area contributed by atoms with Gasteiger partial charge in [-0.2, -0.15) is 0 Å². The number of hydrogen-bond donors (Lipinski definition) is 0. The average molecular weight is 135 g/mol. The molecule has 1 atom stereocenters. The Bertz CT molecular complexity index is 175. The molecule has 0 amide bonds. The lowest BCUT2D eigenvalue weighted by atomic mass is 10.3. The van der Waals surface area contributed by atoms with Gasteiger partial charge in [0, 0.05) is 18.3 Å². The zero-order chi connectivity index (χ0) is 7.40. The number of hydrogen-bond acceptors (Lipinski definition) is 1. The minimum absolute atomic E-state index is 0.367. The maximum atomic E-state index is 4.27. The Morgan fingerprint density at radius 1 is 1.80 bits per heavy atom. The molecule has 1 unspecified atom stereocenters. The monoisotopic (exact) mass is 135 g/mol. The van der Waals surface area contributed by atoms with Gasteiger partial charge in [-0.15, -0.1) is 0 Å². The molecule has 1 radical (unpaired) electrons. The molecule has 2 heteroatoms. The fourth-order valence-corrected chi connectivity index (χ4v) is 0.628. The third-order valence-electron chi connectivity index (χ3n) is 1.42. The Hall–Kier alpha value is -0.920. The van der Waals surface area contributed by atoms with Crippen LogP contribution in [0.5, 0.6) is 0 Å². The largest absolute Gasteiger partial charge is 0.263 e. The normalized spacial score (nSPS) is 22.4. The molecule has 2 nitrogen and oxygen atoms in total. The Kier molecular flexibility index (Phi) is 2.37. The highest BCUT2D eigenvalue weighted by atomic mass is 14.9. The zero-order valence-corrected chi connectivity index (χ0v) is 6.33. The van der Waals surface area contributed by atoms with Crippen LogP contribution in [-0.2, 0) is 0 Å². The number of allylic oxidation sites excluding steroid dienone is 1. The molecule has 1 heterocycles. The van der Waals surface area contributed by atoms with Crippen molar-refractivity contribution in [1.29, 1.82) is 0 Å². The molecule has 0 saturated carbocycles. The van der Waals surface area contributed by atoms with Crippen LogP contribution in [0.25, 0.3) is 0 Å². The van der Waals surface area contributed by atoms with E-state index in [4.69, 9.17) is 0 Å². The van der Waals surface area contributed by atoms with E-state index in [1.54, 1.807) is 12.3 Å². The van der Waals surface area contributed by atoms with Crippen molar-refractivity contribution < 1.29 is 0 Å². The fourth-order valence-electron chi connectivity index (χ4n) is 0.628. The first-order chi connectivity index (χ1) is 4.83. The molecular weight excluding hydrogens is 124 g/mol. The first-order valence-electron chi connectivity index (χ1n) is 3.53. The van der Waals surface area contributed by atoms with E-state index in [-0.39, 0.29) is 0 Å². The van der Waals surface area contributed by atoms with Gasteiger partial charge in [-0.25, -0.2) is 4.99 Å². The second-order valence-corrected chi connectivity index (χ2v) is 2.30. The van der Waals surface area contributed by atoms with Crippen LogP contribution in [0.4, 0.5) is 0 Å². The number of rotatable bonds is 2. The van der Waals surface area contributed by atoms with Crippen LogP contribution >= 0.6 is 0 Å². The first-order valence-corrected chi connectivity index (χ1v) is 3.53. The standard InChI is InChI=1S/C8H11N2/c1-3-7(2)10-8-5-4-6-9-8/h4,6-7H,3H2,1-2H3. The molecule has 0 spiro atoms. The predicted octanol–water partition coefficient (Wildman–Crippen LogP) is 1.63. The van der Waals surface area contributed by atoms with Crippen LogP contribution in [0.3, 0.4) is 0 Å². The van der Waals surface area contributed by atoms with Crippen LogP contribution in [0.1, 0.15) is 20.3 Å². The van der Waals surface area contributed by atoms with E-state index in [1.165, 1.54) is 0 Å². The topological polar surface area (TPSA) is 24.7 Å². The van der Waals surface area contributed by atoms with Crippen LogP contribution in [0, 0.1) is 6.08 Å². The summed E-state index contributed by atoms with van der Waals surface area (Å²) in [4.78, 5) is 8.25. The van der Waals surface area contributed by atoms with Crippen molar-refractivity contribution in [1.82, 2.24) is 0 Å². The molecule has 0 saturated heterocycles. The molecule has 0 aromatic carbocycles. The van der Waals surface area contributed by atoms with Crippen LogP contribution in [0.15, 0.2) is 16.1 Å². The fraction of sp³-hybridized carbons (Fsp3) is 0.500. The number of nitrogens with zero attached hydrogens (tertiary/aromatic N) is 2. The third kappa shape index (κ3) is 1.79. The number of aliphatic imine (C=N–C) groups is 2. The third-order valence-corrected chi connectivity index (χ3v) is 1.42. The van der Waals surface area contributed by atoms with Crippen LogP contribution < -0.4 is 0 Å². The summed E-state index contributed by atoms with van der Waals surface area (Å²) in [6.45, 7) is 4.18. The molecule has 53 valence electrons. The van der Waals surface area contributed by atoms with Gasteiger partial charge in [0.2, 0.25) is 0 Å². The molecule has 1 aliphatic rings. The van der Waals surface area contributed by atoms with Crippen LogP contribution in [0.2, 0.25) is 0 Å². The highest BCUT2D eigenvalue weighted by Gasteiger charge is 1.98. The van der Waals surface area contributed by atoms with Crippen molar-refractivity contribution >= 4 is 12.1 Å². The SMILES string of the molecule is CCC(C)N=C1[C]=CC=N1. The minimum Gasteiger partial charge on any atom is -0.263 e. The van der Waals surface area contributed by atoms with Crippen molar-refractivity contribution in [3.8, 4) is 0 Å². The summed E-state index contributed by atoms with van der Waals surface area (Å²) < 4.78 is 0. The summed E-state index contributed by atoms with van der Waals surface area (Å²) in [6.07, 6.45) is 7.47. The smallest absolute Gasteiger partial charge is 0.155 e. The quantitative estimate of drug-likeness (QED) is 0.549. The summed E-state index contributed by atoms with van der Waals surface area (Å²) in [6, 6.07) is 0.367. The van der Waals surface area contributed by atoms with Crippen molar-refractivity contribution in [3.63, 3.8) is 0 Å².